The highest BCUT2D eigenvalue weighted by Gasteiger charge is 2.25. The van der Waals surface area contributed by atoms with Gasteiger partial charge in [-0.05, 0) is 48.8 Å². The molecule has 0 radical (unpaired) electrons. The fourth-order valence-electron chi connectivity index (χ4n) is 4.11. The van der Waals surface area contributed by atoms with Gasteiger partial charge in [-0.2, -0.15) is 0 Å². The molecule has 2 atom stereocenters. The van der Waals surface area contributed by atoms with E-state index < -0.39 is 12.1 Å². The van der Waals surface area contributed by atoms with Gasteiger partial charge in [-0.25, -0.2) is 0 Å². The maximum absolute atomic E-state index is 12.4. The van der Waals surface area contributed by atoms with Gasteiger partial charge in [0.05, 0.1) is 12.1 Å². The maximum Gasteiger partial charge on any atom is 0.303 e. The van der Waals surface area contributed by atoms with Gasteiger partial charge in [-0.15, -0.1) is 0 Å². The minimum absolute atomic E-state index is 0.000891. The summed E-state index contributed by atoms with van der Waals surface area (Å²) in [4.78, 5) is 24.9. The van der Waals surface area contributed by atoms with Crippen LogP contribution in [-0.2, 0) is 16.0 Å². The zero-order valence-corrected chi connectivity index (χ0v) is 18.8. The van der Waals surface area contributed by atoms with Crippen molar-refractivity contribution in [3.8, 4) is 5.75 Å². The Morgan fingerprint density at radius 2 is 1.97 bits per heavy atom. The fraction of sp³-hybridized carbons (Fsp3) is 0.600. The van der Waals surface area contributed by atoms with Crippen LogP contribution < -0.4 is 0 Å². The zero-order valence-electron chi connectivity index (χ0n) is 18.8. The van der Waals surface area contributed by atoms with Crippen LogP contribution in [0.5, 0.6) is 5.75 Å². The number of aromatic hydroxyl groups is 1. The number of aliphatic hydroxyl groups excluding tert-OH is 1. The second kappa shape index (κ2) is 12.5. The summed E-state index contributed by atoms with van der Waals surface area (Å²) in [6, 6.07) is 5.46. The first-order valence-electron chi connectivity index (χ1n) is 11.5. The van der Waals surface area contributed by atoms with Crippen LogP contribution in [0, 0.1) is 0 Å². The molecule has 1 aliphatic rings. The Morgan fingerprint density at radius 3 is 2.68 bits per heavy atom. The molecule has 1 aromatic carbocycles. The van der Waals surface area contributed by atoms with E-state index in [0.29, 0.717) is 25.8 Å². The molecule has 0 saturated carbocycles. The van der Waals surface area contributed by atoms with Crippen LogP contribution in [0.15, 0.2) is 30.4 Å². The molecule has 1 heterocycles. The lowest BCUT2D eigenvalue weighted by Crippen LogP contribution is -2.43. The standard InChI is InChI=1S/C25H37NO5/c1-18(2)22-17-19(11-14-23(22)28)16-21(27)13-12-20-8-7-9-24(29)26(20)15-6-4-3-5-10-25(30)31/h11-14,17-18,20-21,27-28H,3-10,15-16H2,1-2H3,(H,30,31)/b13-12+/t20-,21-/m1/s1. The Bertz CT molecular complexity index is 758. The normalized spacial score (nSPS) is 18.1. The van der Waals surface area contributed by atoms with E-state index in [1.165, 1.54) is 0 Å². The largest absolute Gasteiger partial charge is 0.508 e. The minimum atomic E-state index is -0.761. The minimum Gasteiger partial charge on any atom is -0.508 e. The third-order valence-electron chi connectivity index (χ3n) is 5.87. The number of unbranched alkanes of at least 4 members (excludes halogenated alkanes) is 3. The number of phenols is 1. The van der Waals surface area contributed by atoms with Gasteiger partial charge in [-0.1, -0.05) is 51.0 Å². The molecule has 1 saturated heterocycles. The summed E-state index contributed by atoms with van der Waals surface area (Å²) in [7, 11) is 0. The molecule has 1 aliphatic heterocycles. The number of carbonyl (C=O) groups excluding carboxylic acids is 1. The van der Waals surface area contributed by atoms with Crippen molar-refractivity contribution >= 4 is 11.9 Å². The Kier molecular flexibility index (Phi) is 10.0. The third kappa shape index (κ3) is 8.37. The molecule has 2 rings (SSSR count). The molecule has 1 aromatic rings. The van der Waals surface area contributed by atoms with Gasteiger partial charge in [0, 0.05) is 25.8 Å². The molecular weight excluding hydrogens is 394 g/mol. The van der Waals surface area contributed by atoms with Crippen molar-refractivity contribution in [3.05, 3.63) is 41.5 Å². The second-order valence-electron chi connectivity index (χ2n) is 8.81. The van der Waals surface area contributed by atoms with E-state index in [0.717, 1.165) is 43.2 Å². The van der Waals surface area contributed by atoms with E-state index in [1.807, 2.05) is 37.0 Å². The topological polar surface area (TPSA) is 98.1 Å². The van der Waals surface area contributed by atoms with Crippen LogP contribution in [0.1, 0.15) is 82.3 Å². The van der Waals surface area contributed by atoms with Crippen molar-refractivity contribution < 1.29 is 24.9 Å². The van der Waals surface area contributed by atoms with Gasteiger partial charge in [0.25, 0.3) is 0 Å². The molecule has 6 heteroatoms. The number of aliphatic hydroxyl groups is 1. The Morgan fingerprint density at radius 1 is 1.23 bits per heavy atom. The van der Waals surface area contributed by atoms with Crippen molar-refractivity contribution in [3.63, 3.8) is 0 Å². The first-order valence-corrected chi connectivity index (χ1v) is 11.5. The van der Waals surface area contributed by atoms with Gasteiger partial charge < -0.3 is 20.2 Å². The molecule has 0 unspecified atom stereocenters. The number of carboxylic acid groups (broad SMARTS) is 1. The van der Waals surface area contributed by atoms with Crippen LogP contribution >= 0.6 is 0 Å². The van der Waals surface area contributed by atoms with E-state index >= 15 is 0 Å². The number of hydrogen-bond acceptors (Lipinski definition) is 4. The molecule has 0 aromatic heterocycles. The van der Waals surface area contributed by atoms with Crippen LogP contribution in [0.4, 0.5) is 0 Å². The van der Waals surface area contributed by atoms with E-state index in [9.17, 15) is 19.8 Å². The van der Waals surface area contributed by atoms with Gasteiger partial charge in [0.2, 0.25) is 5.91 Å². The lowest BCUT2D eigenvalue weighted by atomic mass is 9.96. The first-order chi connectivity index (χ1) is 14.8. The zero-order chi connectivity index (χ0) is 22.8. The molecule has 172 valence electrons. The summed E-state index contributed by atoms with van der Waals surface area (Å²) in [5.74, 6) is -0.120. The van der Waals surface area contributed by atoms with Crippen molar-refractivity contribution in [1.82, 2.24) is 4.90 Å². The molecule has 1 fully saturated rings. The predicted molar refractivity (Wildman–Crippen MR) is 121 cm³/mol. The lowest BCUT2D eigenvalue weighted by molar-refractivity contribution is -0.137. The van der Waals surface area contributed by atoms with E-state index in [4.69, 9.17) is 5.11 Å². The molecule has 0 aliphatic carbocycles. The summed E-state index contributed by atoms with van der Waals surface area (Å²) in [5, 5.41) is 29.2. The SMILES string of the molecule is CC(C)c1cc(C[C@H](O)/C=C/[C@H]2CCCC(=O)N2CCCCCCC(=O)O)ccc1O. The highest BCUT2D eigenvalue weighted by Crippen LogP contribution is 2.27. The van der Waals surface area contributed by atoms with Gasteiger partial charge >= 0.3 is 5.97 Å². The quantitative estimate of drug-likeness (QED) is 0.337. The predicted octanol–water partition coefficient (Wildman–Crippen LogP) is 4.39. The van der Waals surface area contributed by atoms with Gasteiger partial charge in [-0.3, -0.25) is 9.59 Å². The number of amides is 1. The molecule has 1 amide bonds. The second-order valence-corrected chi connectivity index (χ2v) is 8.81. The van der Waals surface area contributed by atoms with Crippen LogP contribution in [-0.4, -0.2) is 50.8 Å². The van der Waals surface area contributed by atoms with E-state index in [1.54, 1.807) is 12.1 Å². The van der Waals surface area contributed by atoms with Crippen molar-refractivity contribution in [2.45, 2.75) is 89.7 Å². The Labute approximate surface area is 185 Å². The number of carboxylic acids is 1. The summed E-state index contributed by atoms with van der Waals surface area (Å²) in [6.07, 6.45) is 9.37. The summed E-state index contributed by atoms with van der Waals surface area (Å²) < 4.78 is 0. The summed E-state index contributed by atoms with van der Waals surface area (Å²) in [6.45, 7) is 4.72. The average molecular weight is 432 g/mol. The van der Waals surface area contributed by atoms with E-state index in [2.05, 4.69) is 0 Å². The van der Waals surface area contributed by atoms with Gasteiger partial charge in [0.1, 0.15) is 5.75 Å². The number of rotatable bonds is 12. The number of piperidine rings is 1. The van der Waals surface area contributed by atoms with Crippen LogP contribution in [0.25, 0.3) is 0 Å². The Hall–Kier alpha value is -2.34. The molecular formula is C25H37NO5. The first kappa shape index (κ1) is 24.9. The summed E-state index contributed by atoms with van der Waals surface area (Å²) >= 11 is 0. The van der Waals surface area contributed by atoms with Crippen molar-refractivity contribution in [1.29, 1.82) is 0 Å². The molecule has 0 spiro atoms. The number of aliphatic carboxylic acids is 1. The number of benzene rings is 1. The Balaban J connectivity index is 1.88. The molecule has 31 heavy (non-hydrogen) atoms. The number of phenolic OH excluding ortho intramolecular Hbond substituents is 1. The van der Waals surface area contributed by atoms with Gasteiger partial charge in [0.15, 0.2) is 0 Å². The highest BCUT2D eigenvalue weighted by molar-refractivity contribution is 5.77. The average Bonchev–Trinajstić information content (AvgIpc) is 2.71. The van der Waals surface area contributed by atoms with Crippen molar-refractivity contribution in [2.75, 3.05) is 6.54 Å². The van der Waals surface area contributed by atoms with Crippen LogP contribution in [0.2, 0.25) is 0 Å². The number of nitrogens with zero attached hydrogens (tertiary/aromatic N) is 1. The number of carbonyl (C=O) groups is 2. The van der Waals surface area contributed by atoms with Crippen LogP contribution in [0.3, 0.4) is 0 Å². The smallest absolute Gasteiger partial charge is 0.303 e. The summed E-state index contributed by atoms with van der Waals surface area (Å²) in [5.41, 5.74) is 1.85. The highest BCUT2D eigenvalue weighted by atomic mass is 16.4. The monoisotopic (exact) mass is 431 g/mol. The van der Waals surface area contributed by atoms with Crippen molar-refractivity contribution in [2.24, 2.45) is 0 Å². The third-order valence-corrected chi connectivity index (χ3v) is 5.87. The lowest BCUT2D eigenvalue weighted by Gasteiger charge is -2.34. The van der Waals surface area contributed by atoms with E-state index in [-0.39, 0.29) is 30.0 Å². The number of hydrogen-bond donors (Lipinski definition) is 3. The molecule has 6 nitrogen and oxygen atoms in total. The fourth-order valence-corrected chi connectivity index (χ4v) is 4.11. The number of likely N-dealkylation sites (tertiary alicyclic amines) is 1. The molecule has 3 N–H and O–H groups in total. The molecule has 0 bridgehead atoms. The maximum atomic E-state index is 12.4.